The number of para-hydroxylation sites is 2. The van der Waals surface area contributed by atoms with Gasteiger partial charge in [-0.25, -0.2) is 4.98 Å². The highest BCUT2D eigenvalue weighted by molar-refractivity contribution is 5.79. The summed E-state index contributed by atoms with van der Waals surface area (Å²) in [6, 6.07) is 24.4. The van der Waals surface area contributed by atoms with Gasteiger partial charge in [0, 0.05) is 6.54 Å². The Balaban J connectivity index is 1.81. The van der Waals surface area contributed by atoms with E-state index in [1.807, 2.05) is 90.7 Å². The molecule has 198 valence electrons. The molecule has 38 heavy (non-hydrogen) atoms. The molecule has 0 bridgehead atoms. The summed E-state index contributed by atoms with van der Waals surface area (Å²) in [7, 11) is 0. The summed E-state index contributed by atoms with van der Waals surface area (Å²) in [5.41, 5.74) is 2.43. The normalized spacial score (nSPS) is 12.0. The smallest absolute Gasteiger partial charge is 0.266 e. The average Bonchev–Trinajstić information content (AvgIpc) is 2.94. The van der Waals surface area contributed by atoms with Crippen LogP contribution in [0, 0.1) is 5.92 Å². The van der Waals surface area contributed by atoms with Gasteiger partial charge in [-0.05, 0) is 67.1 Å². The van der Waals surface area contributed by atoms with Crippen molar-refractivity contribution >= 4 is 16.8 Å². The fraction of sp³-hybridized carbons (Fsp3) is 0.344. The Morgan fingerprint density at radius 2 is 1.63 bits per heavy atom. The molecule has 1 aromatic heterocycles. The third kappa shape index (κ3) is 6.13. The summed E-state index contributed by atoms with van der Waals surface area (Å²) in [4.78, 5) is 34.4. The molecule has 1 atom stereocenters. The first-order valence-corrected chi connectivity index (χ1v) is 13.5. The second-order valence-electron chi connectivity index (χ2n) is 9.94. The van der Waals surface area contributed by atoms with E-state index in [1.165, 1.54) is 5.56 Å². The number of ether oxygens (including phenoxy) is 1. The van der Waals surface area contributed by atoms with Crippen molar-refractivity contribution in [3.63, 3.8) is 0 Å². The second-order valence-corrected chi connectivity index (χ2v) is 9.94. The Morgan fingerprint density at radius 3 is 2.29 bits per heavy atom. The van der Waals surface area contributed by atoms with E-state index >= 15 is 0 Å². The summed E-state index contributed by atoms with van der Waals surface area (Å²) < 4.78 is 7.52. The molecule has 0 aliphatic rings. The molecule has 1 unspecified atom stereocenters. The number of carbonyl (C=O) groups excluding carboxylic acids is 1. The summed E-state index contributed by atoms with van der Waals surface area (Å²) in [6.45, 7) is 8.89. The molecule has 0 saturated heterocycles. The number of nitrogens with zero attached hydrogens (tertiary/aromatic N) is 3. The van der Waals surface area contributed by atoms with Gasteiger partial charge in [0.05, 0.1) is 22.6 Å². The first kappa shape index (κ1) is 27.1. The van der Waals surface area contributed by atoms with E-state index in [2.05, 4.69) is 20.8 Å². The maximum atomic E-state index is 13.9. The van der Waals surface area contributed by atoms with Crippen LogP contribution < -0.4 is 10.3 Å². The lowest BCUT2D eigenvalue weighted by molar-refractivity contribution is -0.136. The van der Waals surface area contributed by atoms with Crippen LogP contribution in [0.1, 0.15) is 58.0 Å². The number of aryl methyl sites for hydroxylation is 1. The van der Waals surface area contributed by atoms with E-state index in [9.17, 15) is 9.59 Å². The van der Waals surface area contributed by atoms with Gasteiger partial charge in [-0.1, -0.05) is 70.2 Å². The molecule has 1 amide bonds. The maximum absolute atomic E-state index is 13.9. The van der Waals surface area contributed by atoms with Crippen LogP contribution in [0.25, 0.3) is 16.6 Å². The molecule has 0 saturated carbocycles. The first-order valence-electron chi connectivity index (χ1n) is 13.5. The van der Waals surface area contributed by atoms with Gasteiger partial charge in [-0.3, -0.25) is 14.2 Å². The number of benzene rings is 3. The number of amides is 1. The van der Waals surface area contributed by atoms with Crippen LogP contribution in [-0.4, -0.2) is 33.5 Å². The Hall–Kier alpha value is -3.93. The standard InChI is InChI=1S/C32H37N3O3/c1-5-24-16-18-25(19-17-24)35-31(33-28-15-11-10-14-27(28)32(35)37)29(6-2)34(21-20-23(3)4)30(36)22-38-26-12-8-7-9-13-26/h7-19,23,29H,5-6,20-22H2,1-4H3. The zero-order valence-electron chi connectivity index (χ0n) is 22.8. The zero-order valence-corrected chi connectivity index (χ0v) is 22.8. The molecule has 0 fully saturated rings. The molecule has 0 spiro atoms. The molecule has 3 aromatic carbocycles. The maximum Gasteiger partial charge on any atom is 0.266 e. The Labute approximate surface area is 224 Å². The van der Waals surface area contributed by atoms with Gasteiger partial charge in [-0.15, -0.1) is 0 Å². The van der Waals surface area contributed by atoms with Gasteiger partial charge in [0.1, 0.15) is 11.6 Å². The molecular formula is C32H37N3O3. The lowest BCUT2D eigenvalue weighted by Crippen LogP contribution is -2.41. The predicted octanol–water partition coefficient (Wildman–Crippen LogP) is 6.35. The molecule has 6 heteroatoms. The highest BCUT2D eigenvalue weighted by atomic mass is 16.5. The Kier molecular flexibility index (Phi) is 8.95. The van der Waals surface area contributed by atoms with E-state index in [-0.39, 0.29) is 18.1 Å². The predicted molar refractivity (Wildman–Crippen MR) is 153 cm³/mol. The van der Waals surface area contributed by atoms with Gasteiger partial charge in [-0.2, -0.15) is 0 Å². The number of carbonyl (C=O) groups is 1. The van der Waals surface area contributed by atoms with E-state index in [0.29, 0.717) is 41.4 Å². The molecule has 0 aliphatic heterocycles. The summed E-state index contributed by atoms with van der Waals surface area (Å²) in [5, 5.41) is 0.554. The third-order valence-corrected chi connectivity index (χ3v) is 6.84. The van der Waals surface area contributed by atoms with Crippen molar-refractivity contribution in [3.8, 4) is 11.4 Å². The van der Waals surface area contributed by atoms with Gasteiger partial charge < -0.3 is 9.64 Å². The summed E-state index contributed by atoms with van der Waals surface area (Å²) >= 11 is 0. The summed E-state index contributed by atoms with van der Waals surface area (Å²) in [5.74, 6) is 1.49. The molecule has 0 radical (unpaired) electrons. The molecule has 6 nitrogen and oxygen atoms in total. The van der Waals surface area contributed by atoms with Gasteiger partial charge >= 0.3 is 0 Å². The molecule has 0 N–H and O–H groups in total. The van der Waals surface area contributed by atoms with Crippen molar-refractivity contribution in [1.82, 2.24) is 14.5 Å². The topological polar surface area (TPSA) is 64.4 Å². The van der Waals surface area contributed by atoms with E-state index in [4.69, 9.17) is 9.72 Å². The van der Waals surface area contributed by atoms with Crippen molar-refractivity contribution in [3.05, 3.63) is 101 Å². The van der Waals surface area contributed by atoms with Gasteiger partial charge in [0.25, 0.3) is 11.5 Å². The highest BCUT2D eigenvalue weighted by Crippen LogP contribution is 2.27. The van der Waals surface area contributed by atoms with Crippen LogP contribution >= 0.6 is 0 Å². The minimum atomic E-state index is -0.399. The second kappa shape index (κ2) is 12.5. The third-order valence-electron chi connectivity index (χ3n) is 6.84. The fourth-order valence-electron chi connectivity index (χ4n) is 4.64. The quantitative estimate of drug-likeness (QED) is 0.235. The van der Waals surface area contributed by atoms with E-state index in [0.717, 1.165) is 18.5 Å². The minimum Gasteiger partial charge on any atom is -0.484 e. The van der Waals surface area contributed by atoms with E-state index < -0.39 is 6.04 Å². The molecule has 1 heterocycles. The summed E-state index contributed by atoms with van der Waals surface area (Å²) in [6.07, 6.45) is 2.35. The van der Waals surface area contributed by atoms with Crippen LogP contribution in [-0.2, 0) is 11.2 Å². The van der Waals surface area contributed by atoms with Crippen molar-refractivity contribution in [2.75, 3.05) is 13.2 Å². The number of aromatic nitrogens is 2. The number of hydrogen-bond acceptors (Lipinski definition) is 4. The highest BCUT2D eigenvalue weighted by Gasteiger charge is 2.29. The Bertz CT molecular complexity index is 1410. The van der Waals surface area contributed by atoms with Crippen LogP contribution in [0.4, 0.5) is 0 Å². The average molecular weight is 512 g/mol. The van der Waals surface area contributed by atoms with Crippen molar-refractivity contribution in [1.29, 1.82) is 0 Å². The fourth-order valence-corrected chi connectivity index (χ4v) is 4.64. The van der Waals surface area contributed by atoms with Crippen molar-refractivity contribution < 1.29 is 9.53 Å². The van der Waals surface area contributed by atoms with Crippen molar-refractivity contribution in [2.45, 2.75) is 53.0 Å². The molecule has 0 aliphatic carbocycles. The zero-order chi connectivity index (χ0) is 27.1. The number of fused-ring (bicyclic) bond motifs is 1. The van der Waals surface area contributed by atoms with Gasteiger partial charge in [0.2, 0.25) is 0 Å². The SMILES string of the molecule is CCc1ccc(-n2c(C(CC)N(CCC(C)C)C(=O)COc3ccccc3)nc3ccccc3c2=O)cc1. The van der Waals surface area contributed by atoms with Gasteiger partial charge in [0.15, 0.2) is 6.61 Å². The molecular weight excluding hydrogens is 474 g/mol. The number of rotatable bonds is 11. The van der Waals surface area contributed by atoms with Crippen molar-refractivity contribution in [2.24, 2.45) is 5.92 Å². The van der Waals surface area contributed by atoms with Crippen LogP contribution in [0.2, 0.25) is 0 Å². The molecule has 4 aromatic rings. The largest absolute Gasteiger partial charge is 0.484 e. The number of hydrogen-bond donors (Lipinski definition) is 0. The van der Waals surface area contributed by atoms with Crippen LogP contribution in [0.5, 0.6) is 5.75 Å². The lowest BCUT2D eigenvalue weighted by atomic mass is 10.1. The van der Waals surface area contributed by atoms with E-state index in [1.54, 1.807) is 4.57 Å². The monoisotopic (exact) mass is 511 g/mol. The molecule has 4 rings (SSSR count). The Morgan fingerprint density at radius 1 is 0.947 bits per heavy atom. The van der Waals surface area contributed by atoms with Crippen LogP contribution in [0.3, 0.4) is 0 Å². The minimum absolute atomic E-state index is 0.0817. The first-order chi connectivity index (χ1) is 18.4. The van der Waals surface area contributed by atoms with Crippen LogP contribution in [0.15, 0.2) is 83.7 Å². The lowest BCUT2D eigenvalue weighted by Gasteiger charge is -2.33.